The molecule has 1 atom stereocenters. The van der Waals surface area contributed by atoms with Gasteiger partial charge in [-0.2, -0.15) is 5.26 Å². The summed E-state index contributed by atoms with van der Waals surface area (Å²) in [6.45, 7) is 5.99. The van der Waals surface area contributed by atoms with Crippen LogP contribution in [0.25, 0.3) is 0 Å². The molecule has 1 N–H and O–H groups in total. The van der Waals surface area contributed by atoms with Crippen molar-refractivity contribution in [1.29, 1.82) is 5.26 Å². The van der Waals surface area contributed by atoms with Gasteiger partial charge in [-0.05, 0) is 55.9 Å². The minimum atomic E-state index is -0.890. The standard InChI is InChI=1S/C19H24N2O4/c1-13(2)10-24-16-8-4-14(5-9-16)18(23)25-11-17(22)21-19(3,12-20)15-6-7-15/h4-5,8-9,13,15H,6-7,10-11H2,1-3H3,(H,21,22)/t19-/m0/s1. The molecule has 1 aromatic carbocycles. The lowest BCUT2D eigenvalue weighted by atomic mass is 9.98. The maximum atomic E-state index is 12.0. The van der Waals surface area contributed by atoms with Gasteiger partial charge in [-0.25, -0.2) is 4.79 Å². The van der Waals surface area contributed by atoms with Gasteiger partial charge in [-0.3, -0.25) is 4.79 Å². The number of carbonyl (C=O) groups excluding carboxylic acids is 2. The van der Waals surface area contributed by atoms with Crippen molar-refractivity contribution in [3.8, 4) is 11.8 Å². The van der Waals surface area contributed by atoms with Gasteiger partial charge in [0.15, 0.2) is 6.61 Å². The van der Waals surface area contributed by atoms with E-state index in [0.29, 0.717) is 23.8 Å². The van der Waals surface area contributed by atoms with Gasteiger partial charge < -0.3 is 14.8 Å². The molecule has 1 aliphatic carbocycles. The number of benzene rings is 1. The SMILES string of the molecule is CC(C)COc1ccc(C(=O)OCC(=O)N[C@@](C)(C#N)C2CC2)cc1. The summed E-state index contributed by atoms with van der Waals surface area (Å²) in [7, 11) is 0. The monoisotopic (exact) mass is 344 g/mol. The highest BCUT2D eigenvalue weighted by Gasteiger charge is 2.43. The average molecular weight is 344 g/mol. The first-order valence-electron chi connectivity index (χ1n) is 8.46. The van der Waals surface area contributed by atoms with E-state index in [1.54, 1.807) is 31.2 Å². The second kappa shape index (κ2) is 8.02. The molecule has 6 nitrogen and oxygen atoms in total. The van der Waals surface area contributed by atoms with Crippen LogP contribution in [0.1, 0.15) is 44.0 Å². The van der Waals surface area contributed by atoms with Gasteiger partial charge >= 0.3 is 5.97 Å². The van der Waals surface area contributed by atoms with Crippen LogP contribution < -0.4 is 10.1 Å². The largest absolute Gasteiger partial charge is 0.493 e. The van der Waals surface area contributed by atoms with Crippen molar-refractivity contribution in [2.75, 3.05) is 13.2 Å². The summed E-state index contributed by atoms with van der Waals surface area (Å²) in [5.74, 6) is 0.211. The van der Waals surface area contributed by atoms with Gasteiger partial charge in [-0.15, -0.1) is 0 Å². The van der Waals surface area contributed by atoms with Crippen LogP contribution in [0.3, 0.4) is 0 Å². The normalized spacial score (nSPS) is 15.8. The van der Waals surface area contributed by atoms with Crippen LogP contribution in [-0.2, 0) is 9.53 Å². The van der Waals surface area contributed by atoms with Gasteiger partial charge in [0.2, 0.25) is 0 Å². The lowest BCUT2D eigenvalue weighted by Crippen LogP contribution is -2.48. The Hall–Kier alpha value is -2.55. The van der Waals surface area contributed by atoms with Crippen LogP contribution in [-0.4, -0.2) is 30.6 Å². The van der Waals surface area contributed by atoms with E-state index in [-0.39, 0.29) is 5.92 Å². The van der Waals surface area contributed by atoms with Crippen molar-refractivity contribution in [2.45, 2.75) is 39.2 Å². The number of rotatable bonds is 8. The van der Waals surface area contributed by atoms with Gasteiger partial charge in [0.1, 0.15) is 11.3 Å². The molecule has 6 heteroatoms. The summed E-state index contributed by atoms with van der Waals surface area (Å²) in [6.07, 6.45) is 1.85. The third-order valence-corrected chi connectivity index (χ3v) is 4.03. The molecule has 0 saturated heterocycles. The van der Waals surface area contributed by atoms with Crippen LogP contribution in [0, 0.1) is 23.2 Å². The Kier molecular flexibility index (Phi) is 6.02. The van der Waals surface area contributed by atoms with E-state index >= 15 is 0 Å². The minimum Gasteiger partial charge on any atom is -0.493 e. The molecule has 2 rings (SSSR count). The van der Waals surface area contributed by atoms with Gasteiger partial charge in [0.25, 0.3) is 5.91 Å². The second-order valence-corrected chi connectivity index (χ2v) is 6.94. The number of amides is 1. The molecule has 1 aromatic rings. The summed E-state index contributed by atoms with van der Waals surface area (Å²) < 4.78 is 10.6. The fourth-order valence-electron chi connectivity index (χ4n) is 2.37. The number of hydrogen-bond donors (Lipinski definition) is 1. The van der Waals surface area contributed by atoms with Crippen molar-refractivity contribution in [3.05, 3.63) is 29.8 Å². The Bertz CT molecular complexity index is 659. The minimum absolute atomic E-state index is 0.176. The van der Waals surface area contributed by atoms with Crippen LogP contribution in [0.4, 0.5) is 0 Å². The number of carbonyl (C=O) groups is 2. The molecule has 0 spiro atoms. The quantitative estimate of drug-likeness (QED) is 0.733. The summed E-state index contributed by atoms with van der Waals surface area (Å²) in [5.41, 5.74) is -0.547. The number of nitriles is 1. The number of hydrogen-bond acceptors (Lipinski definition) is 5. The highest BCUT2D eigenvalue weighted by atomic mass is 16.5. The zero-order chi connectivity index (χ0) is 18.4. The smallest absolute Gasteiger partial charge is 0.338 e. The molecule has 25 heavy (non-hydrogen) atoms. The van der Waals surface area contributed by atoms with Crippen molar-refractivity contribution in [3.63, 3.8) is 0 Å². The molecule has 0 heterocycles. The molecule has 1 aliphatic rings. The van der Waals surface area contributed by atoms with E-state index in [2.05, 4.69) is 25.2 Å². The zero-order valence-corrected chi connectivity index (χ0v) is 14.9. The van der Waals surface area contributed by atoms with E-state index < -0.39 is 24.0 Å². The van der Waals surface area contributed by atoms with Crippen molar-refractivity contribution in [2.24, 2.45) is 11.8 Å². The number of nitrogens with one attached hydrogen (secondary N) is 1. The third-order valence-electron chi connectivity index (χ3n) is 4.03. The molecule has 0 aliphatic heterocycles. The van der Waals surface area contributed by atoms with Gasteiger partial charge in [0.05, 0.1) is 18.2 Å². The summed E-state index contributed by atoms with van der Waals surface area (Å²) in [5, 5.41) is 11.9. The molecule has 134 valence electrons. The lowest BCUT2D eigenvalue weighted by molar-refractivity contribution is -0.125. The summed E-state index contributed by atoms with van der Waals surface area (Å²) >= 11 is 0. The Morgan fingerprint density at radius 3 is 2.48 bits per heavy atom. The Morgan fingerprint density at radius 1 is 1.32 bits per heavy atom. The number of ether oxygens (including phenoxy) is 2. The summed E-state index contributed by atoms with van der Waals surface area (Å²) in [6, 6.07) is 8.71. The van der Waals surface area contributed by atoms with Gasteiger partial charge in [-0.1, -0.05) is 13.8 Å². The van der Waals surface area contributed by atoms with Crippen LogP contribution in [0.15, 0.2) is 24.3 Å². The number of nitrogens with zero attached hydrogens (tertiary/aromatic N) is 1. The fraction of sp³-hybridized carbons (Fsp3) is 0.526. The Labute approximate surface area is 148 Å². The Balaban J connectivity index is 1.81. The first-order chi connectivity index (χ1) is 11.8. The molecule has 1 fully saturated rings. The molecule has 0 radical (unpaired) electrons. The predicted molar refractivity (Wildman–Crippen MR) is 91.9 cm³/mol. The molecule has 1 amide bonds. The van der Waals surface area contributed by atoms with E-state index in [9.17, 15) is 14.9 Å². The molecule has 0 bridgehead atoms. The van der Waals surface area contributed by atoms with E-state index in [0.717, 1.165) is 12.8 Å². The molecular weight excluding hydrogens is 320 g/mol. The third kappa shape index (κ3) is 5.49. The highest BCUT2D eigenvalue weighted by molar-refractivity contribution is 5.91. The van der Waals surface area contributed by atoms with Crippen molar-refractivity contribution < 1.29 is 19.1 Å². The Morgan fingerprint density at radius 2 is 1.96 bits per heavy atom. The van der Waals surface area contributed by atoms with Crippen LogP contribution in [0.5, 0.6) is 5.75 Å². The van der Waals surface area contributed by atoms with E-state index in [4.69, 9.17) is 9.47 Å². The van der Waals surface area contributed by atoms with E-state index in [1.165, 1.54) is 0 Å². The fourth-order valence-corrected chi connectivity index (χ4v) is 2.37. The summed E-state index contributed by atoms with van der Waals surface area (Å²) in [4.78, 5) is 23.9. The topological polar surface area (TPSA) is 88.4 Å². The first-order valence-corrected chi connectivity index (χ1v) is 8.46. The maximum absolute atomic E-state index is 12.0. The molecule has 0 aromatic heterocycles. The van der Waals surface area contributed by atoms with E-state index in [1.807, 2.05) is 0 Å². The lowest BCUT2D eigenvalue weighted by Gasteiger charge is -2.22. The second-order valence-electron chi connectivity index (χ2n) is 6.94. The van der Waals surface area contributed by atoms with Crippen molar-refractivity contribution >= 4 is 11.9 Å². The predicted octanol–water partition coefficient (Wildman–Crippen LogP) is 2.69. The average Bonchev–Trinajstić information content (AvgIpc) is 3.43. The highest BCUT2D eigenvalue weighted by Crippen LogP contribution is 2.39. The van der Waals surface area contributed by atoms with Crippen molar-refractivity contribution in [1.82, 2.24) is 5.32 Å². The number of esters is 1. The molecule has 0 unspecified atom stereocenters. The first kappa shape index (κ1) is 18.8. The van der Waals surface area contributed by atoms with Gasteiger partial charge in [0, 0.05) is 0 Å². The maximum Gasteiger partial charge on any atom is 0.338 e. The zero-order valence-electron chi connectivity index (χ0n) is 14.9. The molecule has 1 saturated carbocycles. The van der Waals surface area contributed by atoms with Crippen LogP contribution in [0.2, 0.25) is 0 Å². The van der Waals surface area contributed by atoms with Crippen LogP contribution >= 0.6 is 0 Å². The molecular formula is C19H24N2O4.